The fourth-order valence-electron chi connectivity index (χ4n) is 0.903. The molecule has 0 rings (SSSR count). The van der Waals surface area contributed by atoms with E-state index in [0.29, 0.717) is 29.5 Å². The molecule has 0 radical (unpaired) electrons. The van der Waals surface area contributed by atoms with Gasteiger partial charge in [-0.05, 0) is 20.8 Å². The van der Waals surface area contributed by atoms with E-state index in [-0.39, 0.29) is 0 Å². The lowest BCUT2D eigenvalue weighted by atomic mass is 10.9. The Morgan fingerprint density at radius 2 is 1.77 bits per heavy atom. The lowest BCUT2D eigenvalue weighted by Crippen LogP contribution is -2.43. The van der Waals surface area contributed by atoms with Crippen LogP contribution in [0.1, 0.15) is 20.8 Å². The van der Waals surface area contributed by atoms with Crippen LogP contribution < -0.4 is 0 Å². The number of hydrogen-bond acceptors (Lipinski definition) is 4. The second-order valence-corrected chi connectivity index (χ2v) is 5.65. The Hall–Kier alpha value is -0.0131. The summed E-state index contributed by atoms with van der Waals surface area (Å²) in [5.74, 6) is 0. The quantitative estimate of drug-likeness (QED) is 0.516. The maximum atomic E-state index is 10.4. The highest BCUT2D eigenvalue weighted by molar-refractivity contribution is 7.66. The van der Waals surface area contributed by atoms with Crippen molar-refractivity contribution in [1.82, 2.24) is 0 Å². The Morgan fingerprint density at radius 1 is 1.31 bits per heavy atom. The minimum atomic E-state index is -2.59. The minimum absolute atomic E-state index is 0.323. The Labute approximate surface area is 83.6 Å². The Balaban J connectivity index is 4.30. The largest absolute Gasteiger partial charge is 0.503 e. The van der Waals surface area contributed by atoms with Crippen LogP contribution in [0.2, 0.25) is 6.55 Å². The average molecular weight is 224 g/mol. The van der Waals surface area contributed by atoms with Crippen molar-refractivity contribution in [3.8, 4) is 0 Å². The van der Waals surface area contributed by atoms with Crippen molar-refractivity contribution in [2.24, 2.45) is 0 Å². The molecular formula is C7H16O4SSi. The first-order valence-corrected chi connectivity index (χ1v) is 7.15. The molecule has 0 N–H and O–H groups in total. The van der Waals surface area contributed by atoms with Crippen LogP contribution in [0.3, 0.4) is 0 Å². The van der Waals surface area contributed by atoms with Crippen LogP contribution in [0.5, 0.6) is 0 Å². The summed E-state index contributed by atoms with van der Waals surface area (Å²) in [5, 5.41) is 0.344. The molecule has 0 aromatic heterocycles. The van der Waals surface area contributed by atoms with Gasteiger partial charge in [0.1, 0.15) is 16.3 Å². The van der Waals surface area contributed by atoms with Gasteiger partial charge < -0.3 is 13.3 Å². The summed E-state index contributed by atoms with van der Waals surface area (Å²) in [6, 6.07) is 0. The summed E-state index contributed by atoms with van der Waals surface area (Å²) in [6.07, 6.45) is 0. The van der Waals surface area contributed by atoms with E-state index < -0.39 is 8.80 Å². The maximum absolute atomic E-state index is 10.4. The van der Waals surface area contributed by atoms with Crippen molar-refractivity contribution < 1.29 is 17.5 Å². The van der Waals surface area contributed by atoms with E-state index in [0.717, 1.165) is 0 Å². The first-order valence-electron chi connectivity index (χ1n) is 4.18. The van der Waals surface area contributed by atoms with Crippen molar-refractivity contribution in [2.75, 3.05) is 13.2 Å². The first-order chi connectivity index (χ1) is 6.08. The predicted molar refractivity (Wildman–Crippen MR) is 54.8 cm³/mol. The fraction of sp³-hybridized carbons (Fsp3) is 0.857. The second-order valence-electron chi connectivity index (χ2n) is 2.41. The van der Waals surface area contributed by atoms with Crippen molar-refractivity contribution in [3.63, 3.8) is 0 Å². The molecule has 0 aliphatic carbocycles. The zero-order valence-electron chi connectivity index (χ0n) is 8.46. The molecular weight excluding hydrogens is 208 g/mol. The second kappa shape index (κ2) is 6.44. The molecule has 0 spiro atoms. The van der Waals surface area contributed by atoms with Crippen LogP contribution in [-0.2, 0) is 24.5 Å². The van der Waals surface area contributed by atoms with Crippen molar-refractivity contribution in [2.45, 2.75) is 27.3 Å². The van der Waals surface area contributed by atoms with E-state index in [2.05, 4.69) is 0 Å². The van der Waals surface area contributed by atoms with E-state index in [1.54, 1.807) is 13.5 Å². The van der Waals surface area contributed by atoms with Crippen molar-refractivity contribution in [3.05, 3.63) is 0 Å². The lowest BCUT2D eigenvalue weighted by Gasteiger charge is -2.23. The number of rotatable bonds is 5. The molecule has 13 heavy (non-hydrogen) atoms. The standard InChI is InChI=1S/C7H16O4SSi/c1-5-9-13(4,10-6-2)11-7(3)12-8/h5-6H2,1-4H3. The highest BCUT2D eigenvalue weighted by Crippen LogP contribution is 2.09. The number of hydrogen-bond donors (Lipinski definition) is 0. The highest BCUT2D eigenvalue weighted by Gasteiger charge is 2.35. The van der Waals surface area contributed by atoms with E-state index in [4.69, 9.17) is 13.3 Å². The highest BCUT2D eigenvalue weighted by atomic mass is 32.1. The Morgan fingerprint density at radius 3 is 2.08 bits per heavy atom. The average Bonchev–Trinajstić information content (AvgIpc) is 2.04. The van der Waals surface area contributed by atoms with Gasteiger partial charge in [0.15, 0.2) is 0 Å². The molecule has 6 heteroatoms. The molecule has 0 saturated heterocycles. The molecule has 0 unspecified atom stereocenters. The van der Waals surface area contributed by atoms with Gasteiger partial charge in [0.05, 0.1) is 0 Å². The van der Waals surface area contributed by atoms with Gasteiger partial charge in [-0.2, -0.15) is 0 Å². The molecule has 0 amide bonds. The summed E-state index contributed by atoms with van der Waals surface area (Å²) in [6.45, 7) is 8.18. The van der Waals surface area contributed by atoms with Gasteiger partial charge in [-0.25, -0.2) is 4.21 Å². The van der Waals surface area contributed by atoms with Gasteiger partial charge >= 0.3 is 8.80 Å². The van der Waals surface area contributed by atoms with E-state index >= 15 is 0 Å². The van der Waals surface area contributed by atoms with E-state index in [1.807, 2.05) is 13.8 Å². The van der Waals surface area contributed by atoms with Crippen LogP contribution in [-0.4, -0.2) is 31.3 Å². The van der Waals surface area contributed by atoms with Crippen LogP contribution in [0.4, 0.5) is 0 Å². The zero-order valence-corrected chi connectivity index (χ0v) is 10.3. The molecule has 0 aromatic rings. The smallest absolute Gasteiger partial charge is 0.374 e. The molecule has 0 aliphatic rings. The molecule has 0 aromatic carbocycles. The van der Waals surface area contributed by atoms with Crippen LogP contribution in [0.25, 0.3) is 0 Å². The normalized spacial score (nSPS) is 11.4. The van der Waals surface area contributed by atoms with Gasteiger partial charge in [0.2, 0.25) is 0 Å². The topological polar surface area (TPSA) is 44.8 Å². The third kappa shape index (κ3) is 5.32. The lowest BCUT2D eigenvalue weighted by molar-refractivity contribution is 0.121. The summed E-state index contributed by atoms with van der Waals surface area (Å²) in [5.41, 5.74) is 0. The fourth-order valence-corrected chi connectivity index (χ4v) is 3.27. The predicted octanol–water partition coefficient (Wildman–Crippen LogP) is 1.01. The molecule has 0 atom stereocenters. The van der Waals surface area contributed by atoms with Crippen LogP contribution in [0.15, 0.2) is 0 Å². The van der Waals surface area contributed by atoms with E-state index in [1.165, 1.54) is 0 Å². The molecule has 0 saturated carbocycles. The van der Waals surface area contributed by atoms with Crippen molar-refractivity contribution >= 4 is 25.1 Å². The molecule has 78 valence electrons. The third-order valence-electron chi connectivity index (χ3n) is 1.26. The first kappa shape index (κ1) is 13.0. The molecule has 0 aliphatic heterocycles. The summed E-state index contributed by atoms with van der Waals surface area (Å²) in [7, 11) is -2.59. The minimum Gasteiger partial charge on any atom is -0.374 e. The molecule has 0 heterocycles. The Kier molecular flexibility index (Phi) is 6.44. The van der Waals surface area contributed by atoms with E-state index in [9.17, 15) is 4.21 Å². The Bertz CT molecular complexity index is 197. The zero-order chi connectivity index (χ0) is 10.3. The van der Waals surface area contributed by atoms with Gasteiger partial charge in [0.25, 0.3) is 0 Å². The summed E-state index contributed by atoms with van der Waals surface area (Å²) >= 11 is 0.323. The summed E-state index contributed by atoms with van der Waals surface area (Å²) in [4.78, 5) is 0. The SMILES string of the molecule is CCO[Si](C)(OCC)OC(C)=S=O. The molecule has 0 bridgehead atoms. The monoisotopic (exact) mass is 224 g/mol. The van der Waals surface area contributed by atoms with Crippen molar-refractivity contribution in [1.29, 1.82) is 0 Å². The summed E-state index contributed by atoms with van der Waals surface area (Å²) < 4.78 is 26.4. The van der Waals surface area contributed by atoms with Crippen LogP contribution >= 0.6 is 0 Å². The van der Waals surface area contributed by atoms with Gasteiger partial charge in [-0.3, -0.25) is 0 Å². The van der Waals surface area contributed by atoms with Gasteiger partial charge in [-0.1, -0.05) is 0 Å². The molecule has 4 nitrogen and oxygen atoms in total. The van der Waals surface area contributed by atoms with Gasteiger partial charge in [-0.15, -0.1) is 0 Å². The van der Waals surface area contributed by atoms with Gasteiger partial charge in [0, 0.05) is 19.8 Å². The van der Waals surface area contributed by atoms with Crippen LogP contribution in [0, 0.1) is 0 Å². The molecule has 0 fully saturated rings. The maximum Gasteiger partial charge on any atom is 0.503 e. The third-order valence-corrected chi connectivity index (χ3v) is 4.03.